The van der Waals surface area contributed by atoms with Crippen molar-refractivity contribution in [2.45, 2.75) is 58.3 Å². The number of methoxy groups -OCH3 is 1. The molecule has 7 nitrogen and oxygen atoms in total. The highest BCUT2D eigenvalue weighted by Crippen LogP contribution is 2.19. The summed E-state index contributed by atoms with van der Waals surface area (Å²) in [5.41, 5.74) is 1.73. The quantitative estimate of drug-likeness (QED) is 0.743. The van der Waals surface area contributed by atoms with E-state index < -0.39 is 0 Å². The summed E-state index contributed by atoms with van der Waals surface area (Å²) >= 11 is 0. The zero-order valence-corrected chi connectivity index (χ0v) is 18.3. The van der Waals surface area contributed by atoms with E-state index in [2.05, 4.69) is 4.98 Å². The van der Waals surface area contributed by atoms with Crippen LogP contribution in [0, 0.1) is 6.92 Å². The molecule has 3 rings (SSSR count). The van der Waals surface area contributed by atoms with E-state index in [4.69, 9.17) is 14.2 Å². The number of nitrogens with zero attached hydrogens (tertiary/aromatic N) is 1. The Morgan fingerprint density at radius 2 is 1.93 bits per heavy atom. The molecular formula is C23H32N2O5. The van der Waals surface area contributed by atoms with Crippen LogP contribution in [0.25, 0.3) is 10.9 Å². The summed E-state index contributed by atoms with van der Waals surface area (Å²) in [6.45, 7) is 7.73. The number of aromatic amines is 1. The third kappa shape index (κ3) is 5.40. The van der Waals surface area contributed by atoms with E-state index in [0.29, 0.717) is 36.3 Å². The number of piperidine rings is 1. The molecule has 0 atom stereocenters. The number of carbonyl (C=O) groups is 1. The first kappa shape index (κ1) is 22.3. The molecule has 1 aromatic carbocycles. The maximum absolute atomic E-state index is 12.5. The largest absolute Gasteiger partial charge is 0.443 e. The molecule has 1 saturated heterocycles. The van der Waals surface area contributed by atoms with Gasteiger partial charge in [-0.25, -0.2) is 4.79 Å². The zero-order chi connectivity index (χ0) is 21.7. The summed E-state index contributed by atoms with van der Waals surface area (Å²) in [5, 5.41) is 0.640. The Morgan fingerprint density at radius 3 is 2.63 bits per heavy atom. The number of H-pyrrole nitrogens is 1. The van der Waals surface area contributed by atoms with Gasteiger partial charge in [-0.05, 0) is 52.2 Å². The highest BCUT2D eigenvalue weighted by Gasteiger charge is 2.25. The molecule has 2 heterocycles. The minimum absolute atomic E-state index is 0.0370. The van der Waals surface area contributed by atoms with E-state index in [1.807, 2.05) is 32.0 Å². The van der Waals surface area contributed by atoms with Crippen molar-refractivity contribution in [3.8, 4) is 0 Å². The molecule has 1 aromatic heterocycles. The molecule has 1 aliphatic heterocycles. The number of rotatable bonds is 7. The van der Waals surface area contributed by atoms with Crippen molar-refractivity contribution in [2.24, 2.45) is 0 Å². The number of para-hydroxylation sites is 1. The maximum atomic E-state index is 12.5. The Bertz CT molecular complexity index is 929. The predicted molar refractivity (Wildman–Crippen MR) is 116 cm³/mol. The lowest BCUT2D eigenvalue weighted by molar-refractivity contribution is -0.0399. The van der Waals surface area contributed by atoms with E-state index in [-0.39, 0.29) is 29.8 Å². The van der Waals surface area contributed by atoms with Crippen LogP contribution in [0.2, 0.25) is 0 Å². The molecule has 0 aliphatic carbocycles. The Hall–Kier alpha value is -2.38. The standard InChI is InChI=1S/C23H32N2O5/c1-16-20(24-19-8-6-5-7-18(19)21(16)26)15-30-22(27)25-12-9-17(10-13-25)29-14-11-23(2,3)28-4/h5-8,17H,9-15H2,1-4H3,(H,24,26). The SMILES string of the molecule is COC(C)(C)CCOC1CCN(C(=O)OCc2[nH]c3ccccc3c(=O)c2C)CC1. The first-order chi connectivity index (χ1) is 14.3. The van der Waals surface area contributed by atoms with Crippen LogP contribution in [0.1, 0.15) is 44.4 Å². The highest BCUT2D eigenvalue weighted by atomic mass is 16.6. The van der Waals surface area contributed by atoms with E-state index in [1.165, 1.54) is 0 Å². The number of pyridine rings is 1. The van der Waals surface area contributed by atoms with Crippen LogP contribution in [0.15, 0.2) is 29.1 Å². The molecule has 7 heteroatoms. The maximum Gasteiger partial charge on any atom is 0.410 e. The molecule has 2 aromatic rings. The zero-order valence-electron chi connectivity index (χ0n) is 18.3. The lowest BCUT2D eigenvalue weighted by Gasteiger charge is -2.32. The van der Waals surface area contributed by atoms with Gasteiger partial charge in [0.05, 0.1) is 17.4 Å². The molecule has 164 valence electrons. The Balaban J connectivity index is 1.48. The number of carbonyl (C=O) groups excluding carboxylic acids is 1. The fourth-order valence-corrected chi connectivity index (χ4v) is 3.53. The lowest BCUT2D eigenvalue weighted by Crippen LogP contribution is -2.41. The second kappa shape index (κ2) is 9.62. The molecule has 0 radical (unpaired) electrons. The van der Waals surface area contributed by atoms with Gasteiger partial charge in [0.1, 0.15) is 6.61 Å². The second-order valence-electron chi connectivity index (χ2n) is 8.43. The number of likely N-dealkylation sites (tertiary alicyclic amines) is 1. The van der Waals surface area contributed by atoms with Crippen molar-refractivity contribution >= 4 is 17.0 Å². The van der Waals surface area contributed by atoms with Gasteiger partial charge in [-0.15, -0.1) is 0 Å². The number of ether oxygens (including phenoxy) is 3. The van der Waals surface area contributed by atoms with Crippen LogP contribution >= 0.6 is 0 Å². The second-order valence-corrected chi connectivity index (χ2v) is 8.43. The average molecular weight is 417 g/mol. The molecule has 0 bridgehead atoms. The predicted octanol–water partition coefficient (Wildman–Crippen LogP) is 3.77. The molecule has 1 aliphatic rings. The first-order valence-corrected chi connectivity index (χ1v) is 10.5. The number of fused-ring (bicyclic) bond motifs is 1. The fraction of sp³-hybridized carbons (Fsp3) is 0.565. The summed E-state index contributed by atoms with van der Waals surface area (Å²) in [5.74, 6) is 0. The van der Waals surface area contributed by atoms with Gasteiger partial charge in [0.2, 0.25) is 0 Å². The first-order valence-electron chi connectivity index (χ1n) is 10.5. The molecule has 1 fully saturated rings. The molecule has 0 unspecified atom stereocenters. The number of benzene rings is 1. The smallest absolute Gasteiger partial charge is 0.410 e. The number of aromatic nitrogens is 1. The molecule has 30 heavy (non-hydrogen) atoms. The average Bonchev–Trinajstić information content (AvgIpc) is 2.75. The van der Waals surface area contributed by atoms with Gasteiger partial charge in [0, 0.05) is 43.3 Å². The van der Waals surface area contributed by atoms with Crippen LogP contribution in [-0.4, -0.2) is 54.5 Å². The summed E-state index contributed by atoms with van der Waals surface area (Å²) in [4.78, 5) is 29.9. The van der Waals surface area contributed by atoms with Crippen LogP contribution in [0.3, 0.4) is 0 Å². The monoisotopic (exact) mass is 416 g/mol. The van der Waals surface area contributed by atoms with Gasteiger partial charge in [-0.1, -0.05) is 12.1 Å². The van der Waals surface area contributed by atoms with Crippen molar-refractivity contribution in [1.82, 2.24) is 9.88 Å². The lowest BCUT2D eigenvalue weighted by atomic mass is 10.1. The molecule has 1 N–H and O–H groups in total. The number of amides is 1. The highest BCUT2D eigenvalue weighted by molar-refractivity contribution is 5.79. The van der Waals surface area contributed by atoms with Gasteiger partial charge in [0.15, 0.2) is 5.43 Å². The van der Waals surface area contributed by atoms with E-state index >= 15 is 0 Å². The summed E-state index contributed by atoms with van der Waals surface area (Å²) in [6.07, 6.45) is 2.20. The van der Waals surface area contributed by atoms with Crippen molar-refractivity contribution in [3.63, 3.8) is 0 Å². The topological polar surface area (TPSA) is 80.9 Å². The number of hydrogen-bond acceptors (Lipinski definition) is 5. The van der Waals surface area contributed by atoms with Gasteiger partial charge < -0.3 is 24.1 Å². The number of hydrogen-bond donors (Lipinski definition) is 1. The van der Waals surface area contributed by atoms with Gasteiger partial charge in [-0.2, -0.15) is 0 Å². The summed E-state index contributed by atoms with van der Waals surface area (Å²) < 4.78 is 16.8. The fourth-order valence-electron chi connectivity index (χ4n) is 3.53. The summed E-state index contributed by atoms with van der Waals surface area (Å²) in [7, 11) is 1.71. The van der Waals surface area contributed by atoms with Crippen LogP contribution in [-0.2, 0) is 20.8 Å². The van der Waals surface area contributed by atoms with Crippen molar-refractivity contribution < 1.29 is 19.0 Å². The minimum atomic E-state index is -0.359. The molecule has 1 amide bonds. The third-order valence-electron chi connectivity index (χ3n) is 5.90. The Morgan fingerprint density at radius 1 is 1.23 bits per heavy atom. The normalized spacial score (nSPS) is 15.5. The third-order valence-corrected chi connectivity index (χ3v) is 5.90. The van der Waals surface area contributed by atoms with E-state index in [9.17, 15) is 9.59 Å². The van der Waals surface area contributed by atoms with Crippen LogP contribution in [0.4, 0.5) is 4.79 Å². The van der Waals surface area contributed by atoms with Gasteiger partial charge >= 0.3 is 6.09 Å². The molecule has 0 saturated carbocycles. The van der Waals surface area contributed by atoms with Gasteiger partial charge in [0.25, 0.3) is 0 Å². The van der Waals surface area contributed by atoms with Gasteiger partial charge in [-0.3, -0.25) is 4.79 Å². The van der Waals surface area contributed by atoms with Crippen molar-refractivity contribution in [2.75, 3.05) is 26.8 Å². The van der Waals surface area contributed by atoms with Crippen LogP contribution in [0.5, 0.6) is 0 Å². The van der Waals surface area contributed by atoms with Crippen molar-refractivity contribution in [3.05, 3.63) is 45.7 Å². The molecule has 0 spiro atoms. The van der Waals surface area contributed by atoms with E-state index in [1.54, 1.807) is 25.0 Å². The minimum Gasteiger partial charge on any atom is -0.443 e. The molecular weight excluding hydrogens is 384 g/mol. The Kier molecular flexibility index (Phi) is 7.15. The summed E-state index contributed by atoms with van der Waals surface area (Å²) in [6, 6.07) is 7.34. The van der Waals surface area contributed by atoms with Crippen LogP contribution < -0.4 is 5.43 Å². The van der Waals surface area contributed by atoms with Crippen molar-refractivity contribution in [1.29, 1.82) is 0 Å². The number of nitrogens with one attached hydrogen (secondary N) is 1. The Labute approximate surface area is 177 Å². The van der Waals surface area contributed by atoms with E-state index in [0.717, 1.165) is 24.8 Å².